The van der Waals surface area contributed by atoms with Crippen LogP contribution in [0.15, 0.2) is 0 Å². The fourth-order valence-electron chi connectivity index (χ4n) is 2.49. The van der Waals surface area contributed by atoms with Crippen molar-refractivity contribution in [3.8, 4) is 0 Å². The van der Waals surface area contributed by atoms with Gasteiger partial charge < -0.3 is 9.47 Å². The second-order valence-corrected chi connectivity index (χ2v) is 10.8. The molecule has 0 N–H and O–H groups in total. The van der Waals surface area contributed by atoms with E-state index in [2.05, 4.69) is 0 Å². The largest absolute Gasteiger partial charge is 0.352 e. The van der Waals surface area contributed by atoms with Crippen LogP contribution in [0.3, 0.4) is 0 Å². The first kappa shape index (κ1) is 24.0. The van der Waals surface area contributed by atoms with Crippen molar-refractivity contribution in [2.45, 2.75) is 62.8 Å². The molecule has 1 saturated heterocycles. The molecule has 148 valence electrons. The van der Waals surface area contributed by atoms with E-state index in [1.807, 2.05) is 6.92 Å². The van der Waals surface area contributed by atoms with Crippen LogP contribution >= 0.6 is 47.0 Å². The topological polar surface area (TPSA) is 86.7 Å². The maximum absolute atomic E-state index is 11.8. The summed E-state index contributed by atoms with van der Waals surface area (Å²) in [4.78, 5) is 46.8. The minimum atomic E-state index is -0.688. The molecule has 1 heterocycles. The van der Waals surface area contributed by atoms with E-state index in [9.17, 15) is 19.2 Å². The SMILES string of the molecule is CCOC1O[C@H](CSC(C)=O)[C@@H](SC(C)=O)[C@H](SC(C)=O)[C@@H]1SC(C)=O. The molecule has 6 nitrogen and oxygen atoms in total. The highest BCUT2D eigenvalue weighted by Gasteiger charge is 2.49. The van der Waals surface area contributed by atoms with Crippen LogP contribution in [0, 0.1) is 0 Å². The zero-order valence-electron chi connectivity index (χ0n) is 15.4. The summed E-state index contributed by atoms with van der Waals surface area (Å²) in [6, 6.07) is 0. The quantitative estimate of drug-likeness (QED) is 0.589. The third-order valence-corrected chi connectivity index (χ3v) is 8.04. The monoisotopic (exact) mass is 440 g/mol. The first-order chi connectivity index (χ1) is 12.1. The third kappa shape index (κ3) is 7.93. The molecule has 5 atom stereocenters. The van der Waals surface area contributed by atoms with Gasteiger partial charge >= 0.3 is 0 Å². The Morgan fingerprint density at radius 2 is 1.31 bits per heavy atom. The molecule has 10 heteroatoms. The van der Waals surface area contributed by atoms with Gasteiger partial charge in [0.05, 0.1) is 16.6 Å². The molecule has 0 radical (unpaired) electrons. The van der Waals surface area contributed by atoms with Gasteiger partial charge in [-0.2, -0.15) is 0 Å². The van der Waals surface area contributed by atoms with E-state index in [0.29, 0.717) is 12.4 Å². The van der Waals surface area contributed by atoms with Gasteiger partial charge in [0.25, 0.3) is 0 Å². The van der Waals surface area contributed by atoms with Crippen molar-refractivity contribution in [3.63, 3.8) is 0 Å². The van der Waals surface area contributed by atoms with E-state index in [1.54, 1.807) is 0 Å². The number of ether oxygens (including phenoxy) is 2. The summed E-state index contributed by atoms with van der Waals surface area (Å²) >= 11 is 4.38. The lowest BCUT2D eigenvalue weighted by Gasteiger charge is -2.44. The van der Waals surface area contributed by atoms with E-state index in [-0.39, 0.29) is 31.0 Å². The predicted molar refractivity (Wildman–Crippen MR) is 110 cm³/mol. The fraction of sp³-hybridized carbons (Fsp3) is 0.750. The Labute approximate surface area is 171 Å². The Hall–Kier alpha value is -0.000000000000000167. The molecule has 0 aromatic carbocycles. The van der Waals surface area contributed by atoms with Crippen molar-refractivity contribution in [1.82, 2.24) is 0 Å². The number of rotatable bonds is 7. The summed E-state index contributed by atoms with van der Waals surface area (Å²) in [5, 5.41) is -1.50. The van der Waals surface area contributed by atoms with Crippen molar-refractivity contribution < 1.29 is 28.7 Å². The molecule has 0 aromatic heterocycles. The van der Waals surface area contributed by atoms with Gasteiger partial charge in [-0.3, -0.25) is 19.2 Å². The van der Waals surface area contributed by atoms with Crippen molar-refractivity contribution in [3.05, 3.63) is 0 Å². The molecule has 0 bridgehead atoms. The highest BCUT2D eigenvalue weighted by molar-refractivity contribution is 8.19. The van der Waals surface area contributed by atoms with E-state index in [1.165, 1.54) is 27.7 Å². The maximum Gasteiger partial charge on any atom is 0.186 e. The molecule has 1 aliphatic rings. The van der Waals surface area contributed by atoms with Gasteiger partial charge in [-0.05, 0) is 6.92 Å². The maximum atomic E-state index is 11.8. The van der Waals surface area contributed by atoms with Crippen molar-refractivity contribution in [2.24, 2.45) is 0 Å². The summed E-state index contributed by atoms with van der Waals surface area (Å²) < 4.78 is 11.7. The van der Waals surface area contributed by atoms with Gasteiger partial charge in [-0.25, -0.2) is 0 Å². The molecular formula is C16H24O6S4. The number of carbonyl (C=O) groups excluding carboxylic acids is 4. The Kier molecular flexibility index (Phi) is 10.9. The highest BCUT2D eigenvalue weighted by Crippen LogP contribution is 2.43. The minimum absolute atomic E-state index is 0.0517. The molecule has 1 rings (SSSR count). The van der Waals surface area contributed by atoms with Crippen molar-refractivity contribution in [2.75, 3.05) is 12.4 Å². The lowest BCUT2D eigenvalue weighted by Crippen LogP contribution is -2.56. The van der Waals surface area contributed by atoms with Gasteiger partial charge in [0.15, 0.2) is 26.8 Å². The smallest absolute Gasteiger partial charge is 0.186 e. The van der Waals surface area contributed by atoms with Crippen molar-refractivity contribution in [1.29, 1.82) is 0 Å². The van der Waals surface area contributed by atoms with Gasteiger partial charge in [-0.1, -0.05) is 47.0 Å². The molecule has 0 spiro atoms. The summed E-state index contributed by atoms with van der Waals surface area (Å²) in [5.74, 6) is 0.357. The minimum Gasteiger partial charge on any atom is -0.352 e. The molecule has 0 saturated carbocycles. The van der Waals surface area contributed by atoms with Crippen LogP contribution in [0.2, 0.25) is 0 Å². The second-order valence-electron chi connectivity index (χ2n) is 5.52. The van der Waals surface area contributed by atoms with Crippen LogP contribution in [-0.4, -0.2) is 61.0 Å². The summed E-state index contributed by atoms with van der Waals surface area (Å²) in [5.41, 5.74) is 0. The Bertz CT molecular complexity index is 541. The fourth-order valence-corrected chi connectivity index (χ4v) is 6.95. The number of hydrogen-bond donors (Lipinski definition) is 0. The standard InChI is InChI=1S/C16H24O6S4/c1-6-21-16-15(26-11(5)20)14(25-10(4)19)13(24-9(3)18)12(22-16)7-23-8(2)17/h12-16H,6-7H2,1-5H3/t12-,13-,14+,15+,16?/m1/s1. The molecule has 1 fully saturated rings. The molecular weight excluding hydrogens is 416 g/mol. The summed E-state index contributed by atoms with van der Waals surface area (Å²) in [7, 11) is 0. The first-order valence-electron chi connectivity index (χ1n) is 8.07. The number of thioether (sulfide) groups is 4. The van der Waals surface area contributed by atoms with E-state index < -0.39 is 17.6 Å². The zero-order valence-corrected chi connectivity index (χ0v) is 18.6. The Morgan fingerprint density at radius 1 is 0.808 bits per heavy atom. The van der Waals surface area contributed by atoms with Gasteiger partial charge in [0, 0.05) is 45.3 Å². The predicted octanol–water partition coefficient (Wildman–Crippen LogP) is 2.97. The van der Waals surface area contributed by atoms with Crippen LogP contribution in [0.25, 0.3) is 0 Å². The average Bonchev–Trinajstić information content (AvgIpc) is 2.50. The second kappa shape index (κ2) is 11.8. The Morgan fingerprint density at radius 3 is 1.77 bits per heavy atom. The molecule has 1 unspecified atom stereocenters. The normalized spacial score (nSPS) is 28.6. The number of hydrogen-bond acceptors (Lipinski definition) is 10. The Balaban J connectivity index is 3.22. The van der Waals surface area contributed by atoms with Crippen LogP contribution < -0.4 is 0 Å². The van der Waals surface area contributed by atoms with E-state index >= 15 is 0 Å². The van der Waals surface area contributed by atoms with E-state index in [0.717, 1.165) is 47.0 Å². The van der Waals surface area contributed by atoms with E-state index in [4.69, 9.17) is 9.47 Å². The first-order valence-corrected chi connectivity index (χ1v) is 11.7. The molecule has 0 aliphatic carbocycles. The van der Waals surface area contributed by atoms with Crippen LogP contribution in [-0.2, 0) is 28.7 Å². The molecule has 0 aromatic rings. The van der Waals surface area contributed by atoms with Crippen molar-refractivity contribution >= 4 is 67.5 Å². The van der Waals surface area contributed by atoms with Gasteiger partial charge in [-0.15, -0.1) is 0 Å². The molecule has 26 heavy (non-hydrogen) atoms. The summed E-state index contributed by atoms with van der Waals surface area (Å²) in [6.45, 7) is 8.04. The van der Waals surface area contributed by atoms with Crippen LogP contribution in [0.5, 0.6) is 0 Å². The van der Waals surface area contributed by atoms with Gasteiger partial charge in [0.1, 0.15) is 0 Å². The summed E-state index contributed by atoms with van der Waals surface area (Å²) in [6.07, 6.45) is -1.14. The van der Waals surface area contributed by atoms with Crippen LogP contribution in [0.4, 0.5) is 0 Å². The molecule has 1 aliphatic heterocycles. The molecule has 0 amide bonds. The van der Waals surface area contributed by atoms with Gasteiger partial charge in [0.2, 0.25) is 0 Å². The third-order valence-electron chi connectivity index (χ3n) is 3.28. The highest BCUT2D eigenvalue weighted by atomic mass is 32.2. The lowest BCUT2D eigenvalue weighted by molar-refractivity contribution is -0.177. The number of carbonyl (C=O) groups is 4. The lowest BCUT2D eigenvalue weighted by atomic mass is 10.1. The van der Waals surface area contributed by atoms with Crippen LogP contribution in [0.1, 0.15) is 34.6 Å². The zero-order chi connectivity index (χ0) is 19.9. The average molecular weight is 441 g/mol.